The van der Waals surface area contributed by atoms with Crippen LogP contribution in [0.1, 0.15) is 63.4 Å². The van der Waals surface area contributed by atoms with Crippen molar-refractivity contribution < 1.29 is 18.4 Å². The number of piperidine rings is 2. The number of hydrogen-bond donors (Lipinski definition) is 2. The Labute approximate surface area is 280 Å². The maximum absolute atomic E-state index is 14.3. The van der Waals surface area contributed by atoms with E-state index in [1.807, 2.05) is 40.2 Å². The number of rotatable bonds is 9. The fourth-order valence-electron chi connectivity index (χ4n) is 7.82. The maximum atomic E-state index is 14.3. The van der Waals surface area contributed by atoms with E-state index in [9.17, 15) is 18.4 Å². The standard InChI is InChI=1S/C35H44ClF2N7O2/c36-27-8-6-25(7-9-27)20-32(41-28-12-16-44(17-13-28)34(47)42-29-10-11-30(37)31(38)21-29)33(46)43-18-14-35(15-19-43,22-45-24-39-23-40-45)26-4-2-1-3-5-26/h6-11,21,23-24,26,28,32,41H,1-5,12-20,22H2,(H,42,47)/t32-/m1/s1. The van der Waals surface area contributed by atoms with E-state index in [0.29, 0.717) is 56.4 Å². The normalized spacial score (nSPS) is 19.8. The summed E-state index contributed by atoms with van der Waals surface area (Å²) in [5.74, 6) is -1.23. The molecule has 2 aromatic carbocycles. The first-order valence-corrected chi connectivity index (χ1v) is 17.3. The van der Waals surface area contributed by atoms with E-state index in [2.05, 4.69) is 20.7 Å². The third-order valence-electron chi connectivity index (χ3n) is 10.5. The Hall–Kier alpha value is -3.57. The van der Waals surface area contributed by atoms with E-state index in [-0.39, 0.29) is 29.1 Å². The molecule has 9 nitrogen and oxygen atoms in total. The molecule has 2 aliphatic heterocycles. The van der Waals surface area contributed by atoms with Gasteiger partial charge in [0, 0.05) is 55.5 Å². The number of benzene rings is 2. The van der Waals surface area contributed by atoms with Gasteiger partial charge in [0.25, 0.3) is 0 Å². The zero-order chi connectivity index (χ0) is 32.8. The molecule has 0 bridgehead atoms. The second-order valence-electron chi connectivity index (χ2n) is 13.5. The number of urea groups is 1. The molecule has 1 aliphatic carbocycles. The molecule has 6 rings (SSSR count). The quantitative estimate of drug-likeness (QED) is 0.280. The Morgan fingerprint density at radius 2 is 1.64 bits per heavy atom. The Morgan fingerprint density at radius 1 is 0.915 bits per heavy atom. The van der Waals surface area contributed by atoms with E-state index in [0.717, 1.165) is 37.1 Å². The van der Waals surface area contributed by atoms with Crippen LogP contribution >= 0.6 is 11.6 Å². The number of halogens is 3. The minimum Gasteiger partial charge on any atom is -0.341 e. The summed E-state index contributed by atoms with van der Waals surface area (Å²) in [6.45, 7) is 3.22. The number of likely N-dealkylation sites (tertiary alicyclic amines) is 2. The molecule has 3 amide bonds. The maximum Gasteiger partial charge on any atom is 0.321 e. The monoisotopic (exact) mass is 667 g/mol. The van der Waals surface area contributed by atoms with E-state index >= 15 is 0 Å². The lowest BCUT2D eigenvalue weighted by atomic mass is 9.63. The van der Waals surface area contributed by atoms with Gasteiger partial charge in [-0.15, -0.1) is 0 Å². The first-order chi connectivity index (χ1) is 22.8. The predicted octanol–water partition coefficient (Wildman–Crippen LogP) is 6.30. The van der Waals surface area contributed by atoms with Gasteiger partial charge in [0.2, 0.25) is 5.91 Å². The molecule has 1 atom stereocenters. The van der Waals surface area contributed by atoms with Gasteiger partial charge < -0.3 is 20.4 Å². The number of anilines is 1. The number of aromatic nitrogens is 3. The molecule has 0 spiro atoms. The van der Waals surface area contributed by atoms with Crippen molar-refractivity contribution in [1.29, 1.82) is 0 Å². The minimum absolute atomic E-state index is 0.0435. The van der Waals surface area contributed by atoms with Crippen molar-refractivity contribution in [3.05, 3.63) is 77.3 Å². The van der Waals surface area contributed by atoms with Crippen molar-refractivity contribution in [2.45, 2.75) is 82.8 Å². The summed E-state index contributed by atoms with van der Waals surface area (Å²) in [7, 11) is 0. The summed E-state index contributed by atoms with van der Waals surface area (Å²) in [6.07, 6.45) is 13.5. The Balaban J connectivity index is 1.09. The summed E-state index contributed by atoms with van der Waals surface area (Å²) in [4.78, 5) is 35.0. The van der Waals surface area contributed by atoms with Crippen LogP contribution in [0.25, 0.3) is 0 Å². The highest BCUT2D eigenvalue weighted by atomic mass is 35.5. The van der Waals surface area contributed by atoms with Gasteiger partial charge in [0.1, 0.15) is 12.7 Å². The number of carbonyl (C=O) groups excluding carboxylic acids is 2. The molecular formula is C35H44ClF2N7O2. The molecule has 2 saturated heterocycles. The molecule has 0 unspecified atom stereocenters. The number of amides is 3. The largest absolute Gasteiger partial charge is 0.341 e. The lowest BCUT2D eigenvalue weighted by molar-refractivity contribution is -0.137. The summed E-state index contributed by atoms with van der Waals surface area (Å²) in [6, 6.07) is 10.2. The van der Waals surface area contributed by atoms with Crippen LogP contribution in [0.5, 0.6) is 0 Å². The van der Waals surface area contributed by atoms with Gasteiger partial charge in [-0.2, -0.15) is 5.10 Å². The highest BCUT2D eigenvalue weighted by Gasteiger charge is 2.44. The summed E-state index contributed by atoms with van der Waals surface area (Å²) >= 11 is 6.16. The minimum atomic E-state index is -1.01. The third-order valence-corrected chi connectivity index (χ3v) is 10.8. The Kier molecular flexibility index (Phi) is 10.7. The van der Waals surface area contributed by atoms with Crippen LogP contribution in [0.3, 0.4) is 0 Å². The third kappa shape index (κ3) is 8.30. The molecular weight excluding hydrogens is 624 g/mol. The zero-order valence-corrected chi connectivity index (χ0v) is 27.5. The summed E-state index contributed by atoms with van der Waals surface area (Å²) in [5.41, 5.74) is 1.35. The summed E-state index contributed by atoms with van der Waals surface area (Å²) in [5, 5.41) is 11.4. The molecule has 3 heterocycles. The van der Waals surface area contributed by atoms with Crippen LogP contribution in [-0.2, 0) is 17.8 Å². The molecule has 3 fully saturated rings. The van der Waals surface area contributed by atoms with Crippen LogP contribution < -0.4 is 10.6 Å². The lowest BCUT2D eigenvalue weighted by Crippen LogP contribution is -2.56. The molecule has 0 radical (unpaired) electrons. The second-order valence-corrected chi connectivity index (χ2v) is 13.9. The fourth-order valence-corrected chi connectivity index (χ4v) is 7.95. The number of nitrogens with one attached hydrogen (secondary N) is 2. The molecule has 252 valence electrons. The van der Waals surface area contributed by atoms with Crippen LogP contribution in [0.15, 0.2) is 55.1 Å². The molecule has 3 aromatic rings. The van der Waals surface area contributed by atoms with Gasteiger partial charge in [-0.05, 0) is 86.1 Å². The smallest absolute Gasteiger partial charge is 0.321 e. The van der Waals surface area contributed by atoms with Crippen molar-refractivity contribution in [2.24, 2.45) is 11.3 Å². The highest BCUT2D eigenvalue weighted by molar-refractivity contribution is 6.30. The van der Waals surface area contributed by atoms with Gasteiger partial charge in [0.05, 0.1) is 6.04 Å². The second kappa shape index (κ2) is 15.1. The Morgan fingerprint density at radius 3 is 2.30 bits per heavy atom. The number of nitrogens with zero attached hydrogens (tertiary/aromatic N) is 5. The predicted molar refractivity (Wildman–Crippen MR) is 177 cm³/mol. The van der Waals surface area contributed by atoms with Crippen molar-refractivity contribution in [3.63, 3.8) is 0 Å². The van der Waals surface area contributed by atoms with E-state index in [4.69, 9.17) is 11.6 Å². The molecule has 1 aromatic heterocycles. The molecule has 12 heteroatoms. The lowest BCUT2D eigenvalue weighted by Gasteiger charge is -2.48. The van der Waals surface area contributed by atoms with Crippen molar-refractivity contribution in [2.75, 3.05) is 31.5 Å². The van der Waals surface area contributed by atoms with Crippen LogP contribution in [0, 0.1) is 23.0 Å². The fraction of sp³-hybridized carbons (Fsp3) is 0.543. The van der Waals surface area contributed by atoms with Gasteiger partial charge in [0.15, 0.2) is 11.6 Å². The van der Waals surface area contributed by atoms with E-state index < -0.39 is 17.7 Å². The van der Waals surface area contributed by atoms with Crippen molar-refractivity contribution in [3.8, 4) is 0 Å². The summed E-state index contributed by atoms with van der Waals surface area (Å²) < 4.78 is 28.9. The van der Waals surface area contributed by atoms with E-state index in [1.54, 1.807) is 11.2 Å². The number of hydrogen-bond acceptors (Lipinski definition) is 5. The van der Waals surface area contributed by atoms with Gasteiger partial charge in [-0.1, -0.05) is 43.0 Å². The van der Waals surface area contributed by atoms with Gasteiger partial charge in [-0.25, -0.2) is 18.6 Å². The Bertz CT molecular complexity index is 1480. The highest BCUT2D eigenvalue weighted by Crippen LogP contribution is 2.47. The average Bonchev–Trinajstić information content (AvgIpc) is 3.61. The van der Waals surface area contributed by atoms with Crippen molar-refractivity contribution >= 4 is 29.2 Å². The first kappa shape index (κ1) is 33.3. The SMILES string of the molecule is O=C(Nc1ccc(F)c(F)c1)N1CCC(N[C@H](Cc2ccc(Cl)cc2)C(=O)N2CCC(Cn3cncn3)(C3CCCCC3)CC2)CC1. The topological polar surface area (TPSA) is 95.4 Å². The average molecular weight is 668 g/mol. The molecule has 3 aliphatic rings. The molecule has 1 saturated carbocycles. The van der Waals surface area contributed by atoms with Crippen LogP contribution in [0.2, 0.25) is 5.02 Å². The van der Waals surface area contributed by atoms with E-state index in [1.165, 1.54) is 38.2 Å². The first-order valence-electron chi connectivity index (χ1n) is 16.9. The van der Waals surface area contributed by atoms with Crippen molar-refractivity contribution in [1.82, 2.24) is 29.9 Å². The molecule has 2 N–H and O–H groups in total. The van der Waals surface area contributed by atoms with Crippen LogP contribution in [0.4, 0.5) is 19.3 Å². The van der Waals surface area contributed by atoms with Gasteiger partial charge in [-0.3, -0.25) is 9.48 Å². The zero-order valence-electron chi connectivity index (χ0n) is 26.7. The van der Waals surface area contributed by atoms with Gasteiger partial charge >= 0.3 is 6.03 Å². The van der Waals surface area contributed by atoms with Crippen LogP contribution in [-0.4, -0.2) is 74.8 Å². The number of carbonyl (C=O) groups is 2. The molecule has 47 heavy (non-hydrogen) atoms.